The molecule has 21 heavy (non-hydrogen) atoms. The van der Waals surface area contributed by atoms with E-state index in [9.17, 15) is 4.79 Å². The maximum absolute atomic E-state index is 12.3. The molecule has 0 heterocycles. The number of halogens is 1. The van der Waals surface area contributed by atoms with Crippen molar-refractivity contribution in [1.29, 1.82) is 0 Å². The number of hydrogen-bond donors (Lipinski definition) is 1. The Bertz CT molecular complexity index is 640. The number of benzene rings is 2. The Morgan fingerprint density at radius 1 is 1.24 bits per heavy atom. The van der Waals surface area contributed by atoms with Gasteiger partial charge in [0.1, 0.15) is 5.75 Å². The number of carbonyl (C=O) groups excluding carboxylic acids is 1. The summed E-state index contributed by atoms with van der Waals surface area (Å²) < 4.78 is 6.45. The molecule has 110 valence electrons. The van der Waals surface area contributed by atoms with Gasteiger partial charge in [-0.3, -0.25) is 4.79 Å². The Morgan fingerprint density at radius 2 is 2.05 bits per heavy atom. The van der Waals surface area contributed by atoms with Gasteiger partial charge in [0.15, 0.2) is 0 Å². The zero-order chi connectivity index (χ0) is 15.2. The molecule has 2 aromatic carbocycles. The van der Waals surface area contributed by atoms with Crippen molar-refractivity contribution in [2.45, 2.75) is 20.3 Å². The molecule has 0 fully saturated rings. The lowest BCUT2D eigenvalue weighted by molar-refractivity contribution is 0.102. The number of ether oxygens (including phenoxy) is 1. The van der Waals surface area contributed by atoms with Gasteiger partial charge >= 0.3 is 0 Å². The second kappa shape index (κ2) is 7.27. The lowest BCUT2D eigenvalue weighted by Crippen LogP contribution is -2.13. The van der Waals surface area contributed by atoms with E-state index in [1.165, 1.54) is 0 Å². The summed E-state index contributed by atoms with van der Waals surface area (Å²) in [5.74, 6) is 0.641. The van der Waals surface area contributed by atoms with E-state index in [-0.39, 0.29) is 5.91 Å². The van der Waals surface area contributed by atoms with Gasteiger partial charge < -0.3 is 10.1 Å². The molecule has 0 aliphatic heterocycles. The van der Waals surface area contributed by atoms with Crippen LogP contribution in [0.25, 0.3) is 0 Å². The fourth-order valence-electron chi connectivity index (χ4n) is 1.92. The SMILES string of the molecule is CCCOc1cccc(NC(=O)c2cc(Br)ccc2C)c1. The first-order chi connectivity index (χ1) is 10.1. The largest absolute Gasteiger partial charge is 0.494 e. The van der Waals surface area contributed by atoms with Crippen molar-refractivity contribution in [2.75, 3.05) is 11.9 Å². The van der Waals surface area contributed by atoms with Gasteiger partial charge in [-0.2, -0.15) is 0 Å². The van der Waals surface area contributed by atoms with Crippen molar-refractivity contribution >= 4 is 27.5 Å². The number of hydrogen-bond acceptors (Lipinski definition) is 2. The second-order valence-electron chi connectivity index (χ2n) is 4.79. The van der Waals surface area contributed by atoms with Crippen LogP contribution in [0.1, 0.15) is 29.3 Å². The monoisotopic (exact) mass is 347 g/mol. The molecule has 0 saturated heterocycles. The van der Waals surface area contributed by atoms with Crippen LogP contribution in [0, 0.1) is 6.92 Å². The van der Waals surface area contributed by atoms with E-state index in [1.54, 1.807) is 0 Å². The molecule has 0 spiro atoms. The summed E-state index contributed by atoms with van der Waals surface area (Å²) in [7, 11) is 0. The van der Waals surface area contributed by atoms with Crippen LogP contribution in [0.5, 0.6) is 5.75 Å². The van der Waals surface area contributed by atoms with Crippen molar-refractivity contribution in [1.82, 2.24) is 0 Å². The van der Waals surface area contributed by atoms with Crippen LogP contribution in [0.3, 0.4) is 0 Å². The van der Waals surface area contributed by atoms with Crippen LogP contribution >= 0.6 is 15.9 Å². The van der Waals surface area contributed by atoms with E-state index in [4.69, 9.17) is 4.74 Å². The summed E-state index contributed by atoms with van der Waals surface area (Å²) in [6, 6.07) is 13.1. The number of carbonyl (C=O) groups is 1. The molecule has 0 saturated carbocycles. The van der Waals surface area contributed by atoms with Crippen LogP contribution in [0.4, 0.5) is 5.69 Å². The first-order valence-corrected chi connectivity index (χ1v) is 7.70. The summed E-state index contributed by atoms with van der Waals surface area (Å²) in [5.41, 5.74) is 2.33. The molecule has 2 rings (SSSR count). The highest BCUT2D eigenvalue weighted by atomic mass is 79.9. The zero-order valence-electron chi connectivity index (χ0n) is 12.2. The fraction of sp³-hybridized carbons (Fsp3) is 0.235. The molecule has 0 aromatic heterocycles. The number of aryl methyl sites for hydroxylation is 1. The van der Waals surface area contributed by atoms with E-state index in [0.29, 0.717) is 12.2 Å². The maximum Gasteiger partial charge on any atom is 0.255 e. The minimum atomic E-state index is -0.124. The first-order valence-electron chi connectivity index (χ1n) is 6.90. The van der Waals surface area contributed by atoms with Gasteiger partial charge in [0, 0.05) is 21.8 Å². The molecule has 0 unspecified atom stereocenters. The van der Waals surface area contributed by atoms with E-state index in [2.05, 4.69) is 28.2 Å². The normalized spacial score (nSPS) is 10.2. The highest BCUT2D eigenvalue weighted by Crippen LogP contribution is 2.20. The zero-order valence-corrected chi connectivity index (χ0v) is 13.7. The number of anilines is 1. The van der Waals surface area contributed by atoms with E-state index >= 15 is 0 Å². The summed E-state index contributed by atoms with van der Waals surface area (Å²) >= 11 is 3.39. The van der Waals surface area contributed by atoms with Crippen molar-refractivity contribution in [3.63, 3.8) is 0 Å². The fourth-order valence-corrected chi connectivity index (χ4v) is 2.28. The highest BCUT2D eigenvalue weighted by Gasteiger charge is 2.10. The van der Waals surface area contributed by atoms with Gasteiger partial charge in [-0.15, -0.1) is 0 Å². The third kappa shape index (κ3) is 4.33. The Morgan fingerprint density at radius 3 is 2.81 bits per heavy atom. The Balaban J connectivity index is 2.14. The molecule has 2 aromatic rings. The average Bonchev–Trinajstić information content (AvgIpc) is 2.48. The van der Waals surface area contributed by atoms with Crippen LogP contribution < -0.4 is 10.1 Å². The molecule has 0 aliphatic carbocycles. The van der Waals surface area contributed by atoms with Crippen molar-refractivity contribution in [2.24, 2.45) is 0 Å². The van der Waals surface area contributed by atoms with Crippen molar-refractivity contribution < 1.29 is 9.53 Å². The molecule has 1 N–H and O–H groups in total. The lowest BCUT2D eigenvalue weighted by Gasteiger charge is -2.10. The van der Waals surface area contributed by atoms with Crippen LogP contribution in [0.2, 0.25) is 0 Å². The van der Waals surface area contributed by atoms with E-state index in [0.717, 1.165) is 27.9 Å². The minimum absolute atomic E-state index is 0.124. The number of amides is 1. The van der Waals surface area contributed by atoms with Gasteiger partial charge in [-0.25, -0.2) is 0 Å². The van der Waals surface area contributed by atoms with Crippen molar-refractivity contribution in [3.8, 4) is 5.75 Å². The Kier molecular flexibility index (Phi) is 5.39. The molecule has 0 radical (unpaired) electrons. The van der Waals surface area contributed by atoms with Gasteiger partial charge in [0.25, 0.3) is 5.91 Å². The van der Waals surface area contributed by atoms with Crippen LogP contribution in [-0.2, 0) is 0 Å². The number of rotatable bonds is 5. The van der Waals surface area contributed by atoms with Gasteiger partial charge in [0.05, 0.1) is 6.61 Å². The van der Waals surface area contributed by atoms with Crippen molar-refractivity contribution in [3.05, 3.63) is 58.1 Å². The molecule has 0 bridgehead atoms. The molecule has 0 aliphatic rings. The third-order valence-corrected chi connectivity index (χ3v) is 3.50. The van der Waals surface area contributed by atoms with E-state index < -0.39 is 0 Å². The molecular formula is C17H18BrNO2. The minimum Gasteiger partial charge on any atom is -0.494 e. The molecule has 4 heteroatoms. The van der Waals surface area contributed by atoms with Crippen LogP contribution in [-0.4, -0.2) is 12.5 Å². The predicted octanol–water partition coefficient (Wildman–Crippen LogP) is 4.80. The molecule has 0 atom stereocenters. The Labute approximate surface area is 133 Å². The smallest absolute Gasteiger partial charge is 0.255 e. The maximum atomic E-state index is 12.3. The summed E-state index contributed by atoms with van der Waals surface area (Å²) in [6.45, 7) is 4.64. The van der Waals surface area contributed by atoms with Crippen LogP contribution in [0.15, 0.2) is 46.9 Å². The predicted molar refractivity (Wildman–Crippen MR) is 89.1 cm³/mol. The molecule has 3 nitrogen and oxygen atoms in total. The second-order valence-corrected chi connectivity index (χ2v) is 5.71. The Hall–Kier alpha value is -1.81. The first kappa shape index (κ1) is 15.6. The summed E-state index contributed by atoms with van der Waals surface area (Å²) in [4.78, 5) is 12.3. The highest BCUT2D eigenvalue weighted by molar-refractivity contribution is 9.10. The lowest BCUT2D eigenvalue weighted by atomic mass is 10.1. The summed E-state index contributed by atoms with van der Waals surface area (Å²) in [6.07, 6.45) is 0.952. The molecular weight excluding hydrogens is 330 g/mol. The molecule has 1 amide bonds. The van der Waals surface area contributed by atoms with Gasteiger partial charge in [0.2, 0.25) is 0 Å². The number of nitrogens with one attached hydrogen (secondary N) is 1. The standard InChI is InChI=1S/C17H18BrNO2/c1-3-9-21-15-6-4-5-14(11-15)19-17(20)16-10-13(18)8-7-12(16)2/h4-8,10-11H,3,9H2,1-2H3,(H,19,20). The van der Waals surface area contributed by atoms with Gasteiger partial charge in [-0.05, 0) is 43.2 Å². The topological polar surface area (TPSA) is 38.3 Å². The van der Waals surface area contributed by atoms with E-state index in [1.807, 2.05) is 49.4 Å². The third-order valence-electron chi connectivity index (χ3n) is 3.01. The average molecular weight is 348 g/mol. The summed E-state index contributed by atoms with van der Waals surface area (Å²) in [5, 5.41) is 2.90. The quantitative estimate of drug-likeness (QED) is 0.843. The van der Waals surface area contributed by atoms with Gasteiger partial charge in [-0.1, -0.05) is 35.0 Å².